The summed E-state index contributed by atoms with van der Waals surface area (Å²) < 4.78 is 5.26. The average Bonchev–Trinajstić information content (AvgIpc) is 2.94. The minimum Gasteiger partial charge on any atom is -0.495 e. The molecule has 1 aromatic heterocycles. The summed E-state index contributed by atoms with van der Waals surface area (Å²) in [7, 11) is 1.60. The van der Waals surface area contributed by atoms with E-state index >= 15 is 0 Å². The van der Waals surface area contributed by atoms with Gasteiger partial charge in [0.25, 0.3) is 0 Å². The Morgan fingerprint density at radius 2 is 2.04 bits per heavy atom. The Labute approximate surface area is 149 Å². The summed E-state index contributed by atoms with van der Waals surface area (Å²) in [5.74, 6) is 1.11. The Morgan fingerprint density at radius 3 is 2.67 bits per heavy atom. The number of aliphatic hydroxyl groups is 2. The van der Waals surface area contributed by atoms with Gasteiger partial charge >= 0.3 is 0 Å². The molecule has 0 amide bonds. The monoisotopic (exact) mass is 367 g/mol. The minimum atomic E-state index is -1.62. The summed E-state index contributed by atoms with van der Waals surface area (Å²) in [4.78, 5) is 8.45. The van der Waals surface area contributed by atoms with Crippen molar-refractivity contribution in [3.8, 4) is 5.75 Å². The molecule has 0 radical (unpaired) electrons. The van der Waals surface area contributed by atoms with Crippen molar-refractivity contribution in [1.29, 1.82) is 0 Å². The highest BCUT2D eigenvalue weighted by atomic mass is 35.5. The van der Waals surface area contributed by atoms with Gasteiger partial charge in [-0.1, -0.05) is 23.4 Å². The van der Waals surface area contributed by atoms with Gasteiger partial charge in [-0.25, -0.2) is 9.97 Å². The molecule has 3 rings (SSSR count). The van der Waals surface area contributed by atoms with Gasteiger partial charge in [-0.3, -0.25) is 0 Å². The normalized spacial score (nSPS) is 16.3. The van der Waals surface area contributed by atoms with E-state index in [1.165, 1.54) is 23.5 Å². The molecule has 8 heteroatoms. The number of benzene rings is 1. The van der Waals surface area contributed by atoms with Crippen LogP contribution in [0.2, 0.25) is 5.02 Å². The summed E-state index contributed by atoms with van der Waals surface area (Å²) in [5.41, 5.74) is 2.59. The van der Waals surface area contributed by atoms with Crippen LogP contribution in [0.25, 0.3) is 0 Å². The molecule has 0 fully saturated rings. The van der Waals surface area contributed by atoms with Crippen molar-refractivity contribution in [2.75, 3.05) is 18.7 Å². The van der Waals surface area contributed by atoms with E-state index in [1.54, 1.807) is 7.11 Å². The van der Waals surface area contributed by atoms with Crippen LogP contribution in [0.4, 0.5) is 5.82 Å². The first-order chi connectivity index (χ1) is 11.5. The number of thioether (sulfide) groups is 1. The maximum atomic E-state index is 9.52. The molecule has 0 saturated heterocycles. The molecule has 1 unspecified atom stereocenters. The smallest absolute Gasteiger partial charge is 0.189 e. The predicted octanol–water partition coefficient (Wildman–Crippen LogP) is 2.42. The summed E-state index contributed by atoms with van der Waals surface area (Å²) in [6.45, 7) is 0. The van der Waals surface area contributed by atoms with Gasteiger partial charge in [0.2, 0.25) is 0 Å². The van der Waals surface area contributed by atoms with Gasteiger partial charge < -0.3 is 20.3 Å². The molecule has 24 heavy (non-hydrogen) atoms. The van der Waals surface area contributed by atoms with Crippen LogP contribution in [0.5, 0.6) is 5.75 Å². The molecule has 0 saturated carbocycles. The molecule has 1 aromatic carbocycles. The van der Waals surface area contributed by atoms with E-state index in [2.05, 4.69) is 15.3 Å². The van der Waals surface area contributed by atoms with Crippen molar-refractivity contribution in [3.63, 3.8) is 0 Å². The van der Waals surface area contributed by atoms with Gasteiger partial charge in [0.15, 0.2) is 11.4 Å². The zero-order chi connectivity index (χ0) is 17.3. The summed E-state index contributed by atoms with van der Waals surface area (Å²) >= 11 is 7.58. The van der Waals surface area contributed by atoms with E-state index in [0.29, 0.717) is 21.7 Å². The molecule has 1 heterocycles. The molecular formula is C16H18ClN3O3S. The van der Waals surface area contributed by atoms with Crippen LogP contribution in [0, 0.1) is 0 Å². The maximum Gasteiger partial charge on any atom is 0.189 e. The molecule has 3 N–H and O–H groups in total. The lowest BCUT2D eigenvalue weighted by molar-refractivity contribution is -0.0424. The Bertz CT molecular complexity index is 758. The minimum absolute atomic E-state index is 0.0882. The number of aromatic nitrogens is 2. The molecule has 6 nitrogen and oxygen atoms in total. The van der Waals surface area contributed by atoms with E-state index in [9.17, 15) is 10.2 Å². The molecule has 1 aliphatic rings. The lowest BCUT2D eigenvalue weighted by Gasteiger charge is -2.17. The average molecular weight is 368 g/mol. The number of rotatable bonds is 5. The Hall–Kier alpha value is -1.54. The van der Waals surface area contributed by atoms with E-state index in [-0.39, 0.29) is 11.6 Å². The Balaban J connectivity index is 1.83. The number of anilines is 1. The van der Waals surface area contributed by atoms with Crippen molar-refractivity contribution in [2.45, 2.75) is 30.3 Å². The molecular weight excluding hydrogens is 350 g/mol. The van der Waals surface area contributed by atoms with Crippen LogP contribution in [-0.2, 0) is 12.8 Å². The number of hydrogen-bond donors (Lipinski definition) is 3. The third-order valence-electron chi connectivity index (χ3n) is 4.00. The second kappa shape index (κ2) is 7.14. The van der Waals surface area contributed by atoms with E-state index < -0.39 is 6.29 Å². The maximum absolute atomic E-state index is 9.52. The fraction of sp³-hybridized carbons (Fsp3) is 0.375. The lowest BCUT2D eigenvalue weighted by atomic mass is 10.1. The van der Waals surface area contributed by atoms with Crippen LogP contribution < -0.4 is 10.1 Å². The van der Waals surface area contributed by atoms with Gasteiger partial charge in [0.05, 0.1) is 17.7 Å². The van der Waals surface area contributed by atoms with E-state index in [1.807, 2.05) is 18.4 Å². The number of nitrogens with one attached hydrogen (secondary N) is 1. The zero-order valence-electron chi connectivity index (χ0n) is 13.3. The van der Waals surface area contributed by atoms with Crippen molar-refractivity contribution in [1.82, 2.24) is 9.97 Å². The van der Waals surface area contributed by atoms with Crippen molar-refractivity contribution in [3.05, 3.63) is 40.0 Å². The first-order valence-corrected chi connectivity index (χ1v) is 9.01. The third kappa shape index (κ3) is 3.44. The molecule has 128 valence electrons. The Kier molecular flexibility index (Phi) is 5.15. The van der Waals surface area contributed by atoms with E-state index in [4.69, 9.17) is 16.3 Å². The van der Waals surface area contributed by atoms with Crippen molar-refractivity contribution in [2.24, 2.45) is 0 Å². The molecule has 0 aliphatic heterocycles. The van der Waals surface area contributed by atoms with E-state index in [0.717, 1.165) is 18.4 Å². The van der Waals surface area contributed by atoms with Crippen molar-refractivity contribution >= 4 is 29.2 Å². The molecule has 0 bridgehead atoms. The molecule has 2 aromatic rings. The number of hydrogen-bond acceptors (Lipinski definition) is 7. The van der Waals surface area contributed by atoms with Crippen LogP contribution in [0.15, 0.2) is 23.5 Å². The van der Waals surface area contributed by atoms with Crippen LogP contribution in [-0.4, -0.2) is 39.6 Å². The van der Waals surface area contributed by atoms with Crippen LogP contribution in [0.1, 0.15) is 23.0 Å². The first-order valence-electron chi connectivity index (χ1n) is 7.40. The van der Waals surface area contributed by atoms with Crippen LogP contribution >= 0.6 is 23.4 Å². The largest absolute Gasteiger partial charge is 0.495 e. The van der Waals surface area contributed by atoms with Gasteiger partial charge in [0.1, 0.15) is 11.6 Å². The highest BCUT2D eigenvalue weighted by molar-refractivity contribution is 7.98. The Morgan fingerprint density at radius 1 is 1.33 bits per heavy atom. The SMILES string of the molecule is COc1cc2c(cc1Cl)CC(Nc1nc(SC)ncc1C(O)O)C2. The number of nitrogens with zero attached hydrogens (tertiary/aromatic N) is 2. The second-order valence-corrected chi connectivity index (χ2v) is 6.72. The first kappa shape index (κ1) is 17.3. The summed E-state index contributed by atoms with van der Waals surface area (Å²) in [5, 5.41) is 23.5. The zero-order valence-corrected chi connectivity index (χ0v) is 14.9. The lowest BCUT2D eigenvalue weighted by Crippen LogP contribution is -2.22. The standard InChI is InChI=1S/C16H18ClN3O3S/c1-23-13-6-9-4-10(3-8(9)5-12(13)17)19-14-11(15(21)22)7-18-16(20-14)24-2/h5-7,10,15,21-22H,3-4H2,1-2H3,(H,18,19,20). The quantitative estimate of drug-likeness (QED) is 0.425. The number of fused-ring (bicyclic) bond motifs is 1. The summed E-state index contributed by atoms with van der Waals surface area (Å²) in [6.07, 6.45) is 3.24. The number of halogens is 1. The molecule has 1 aliphatic carbocycles. The predicted molar refractivity (Wildman–Crippen MR) is 93.8 cm³/mol. The highest BCUT2D eigenvalue weighted by Gasteiger charge is 2.25. The van der Waals surface area contributed by atoms with Gasteiger partial charge in [-0.05, 0) is 42.4 Å². The third-order valence-corrected chi connectivity index (χ3v) is 4.86. The fourth-order valence-corrected chi connectivity index (χ4v) is 3.45. The number of aliphatic hydroxyl groups excluding tert-OH is 1. The molecule has 0 spiro atoms. The topological polar surface area (TPSA) is 87.5 Å². The number of ether oxygens (including phenoxy) is 1. The summed E-state index contributed by atoms with van der Waals surface area (Å²) in [6, 6.07) is 3.96. The second-order valence-electron chi connectivity index (χ2n) is 5.54. The molecule has 1 atom stereocenters. The van der Waals surface area contributed by atoms with Gasteiger partial charge in [-0.15, -0.1) is 0 Å². The highest BCUT2D eigenvalue weighted by Crippen LogP contribution is 2.34. The van der Waals surface area contributed by atoms with Crippen molar-refractivity contribution < 1.29 is 14.9 Å². The van der Waals surface area contributed by atoms with Gasteiger partial charge in [0, 0.05) is 12.2 Å². The fourth-order valence-electron chi connectivity index (χ4n) is 2.85. The number of methoxy groups -OCH3 is 1. The van der Waals surface area contributed by atoms with Crippen LogP contribution in [0.3, 0.4) is 0 Å². The van der Waals surface area contributed by atoms with Gasteiger partial charge in [-0.2, -0.15) is 0 Å².